The van der Waals surface area contributed by atoms with E-state index < -0.39 is 0 Å². The van der Waals surface area contributed by atoms with Gasteiger partial charge in [0.2, 0.25) is 5.91 Å². The fraction of sp³-hybridized carbons (Fsp3) is 0.636. The molecule has 0 spiro atoms. The molecule has 1 aromatic heterocycles. The molecule has 0 saturated carbocycles. The summed E-state index contributed by atoms with van der Waals surface area (Å²) in [4.78, 5) is 18.5. The molecular weight excluding hydrogens is 204 g/mol. The summed E-state index contributed by atoms with van der Waals surface area (Å²) in [5, 5.41) is 6.07. The molecule has 5 nitrogen and oxygen atoms in total. The highest BCUT2D eigenvalue weighted by Crippen LogP contribution is 1.94. The topological polar surface area (TPSA) is 69.8 Å². The lowest BCUT2D eigenvalue weighted by Gasteiger charge is -2.07. The summed E-state index contributed by atoms with van der Waals surface area (Å²) in [5.74, 6) is 1.07. The van der Waals surface area contributed by atoms with Crippen molar-refractivity contribution in [1.29, 1.82) is 0 Å². The van der Waals surface area contributed by atoms with Crippen LogP contribution < -0.4 is 10.6 Å². The number of carbonyl (C=O) groups excluding carboxylic acids is 1. The molecule has 0 fully saturated rings. The minimum atomic E-state index is 0.0512. The van der Waals surface area contributed by atoms with Crippen molar-refractivity contribution >= 4 is 5.91 Å². The Labute approximate surface area is 96.0 Å². The molecule has 0 aromatic carbocycles. The minimum Gasteiger partial charge on any atom is -0.355 e. The first-order valence-electron chi connectivity index (χ1n) is 5.58. The second kappa shape index (κ2) is 6.27. The molecule has 1 aromatic rings. The molecule has 90 valence electrons. The number of H-pyrrole nitrogens is 1. The Balaban J connectivity index is 2.06. The van der Waals surface area contributed by atoms with E-state index in [2.05, 4.69) is 20.6 Å². The van der Waals surface area contributed by atoms with E-state index in [4.69, 9.17) is 0 Å². The molecule has 0 radical (unpaired) electrons. The smallest absolute Gasteiger partial charge is 0.222 e. The molecule has 0 aliphatic heterocycles. The molecule has 0 aliphatic rings. The largest absolute Gasteiger partial charge is 0.355 e. The maximum Gasteiger partial charge on any atom is 0.222 e. The Morgan fingerprint density at radius 2 is 2.25 bits per heavy atom. The van der Waals surface area contributed by atoms with Gasteiger partial charge in [-0.05, 0) is 6.92 Å². The van der Waals surface area contributed by atoms with Crippen molar-refractivity contribution in [2.45, 2.75) is 27.3 Å². The fourth-order valence-electron chi connectivity index (χ4n) is 1.26. The molecule has 1 heterocycles. The molecule has 0 atom stereocenters. The van der Waals surface area contributed by atoms with Crippen molar-refractivity contribution in [3.05, 3.63) is 17.7 Å². The van der Waals surface area contributed by atoms with Crippen molar-refractivity contribution in [2.24, 2.45) is 5.92 Å². The van der Waals surface area contributed by atoms with Gasteiger partial charge in [-0.15, -0.1) is 0 Å². The quantitative estimate of drug-likeness (QED) is 0.619. The Morgan fingerprint density at radius 1 is 1.50 bits per heavy atom. The van der Waals surface area contributed by atoms with Gasteiger partial charge >= 0.3 is 0 Å². The Hall–Kier alpha value is -1.36. The Bertz CT molecular complexity index is 332. The van der Waals surface area contributed by atoms with Gasteiger partial charge in [0, 0.05) is 37.4 Å². The lowest BCUT2D eigenvalue weighted by Crippen LogP contribution is -2.34. The molecule has 16 heavy (non-hydrogen) atoms. The van der Waals surface area contributed by atoms with Crippen molar-refractivity contribution in [3.8, 4) is 0 Å². The number of nitrogens with one attached hydrogen (secondary N) is 3. The van der Waals surface area contributed by atoms with E-state index in [1.807, 2.05) is 27.0 Å². The number of aromatic nitrogens is 2. The molecule has 0 saturated heterocycles. The molecule has 5 heteroatoms. The molecule has 0 unspecified atom stereocenters. The van der Waals surface area contributed by atoms with E-state index in [9.17, 15) is 4.79 Å². The molecule has 1 rings (SSSR count). The van der Waals surface area contributed by atoms with Crippen molar-refractivity contribution in [1.82, 2.24) is 20.6 Å². The van der Waals surface area contributed by atoms with Crippen LogP contribution in [0, 0.1) is 12.8 Å². The first-order valence-corrected chi connectivity index (χ1v) is 5.58. The number of imidazole rings is 1. The number of aryl methyl sites for hydroxylation is 1. The molecule has 3 N–H and O–H groups in total. The summed E-state index contributed by atoms with van der Waals surface area (Å²) in [6.07, 6.45) is 1.81. The van der Waals surface area contributed by atoms with Crippen LogP contribution in [0.15, 0.2) is 6.20 Å². The number of rotatable bonds is 6. The summed E-state index contributed by atoms with van der Waals surface area (Å²) >= 11 is 0. The average Bonchev–Trinajstić information content (AvgIpc) is 2.63. The third kappa shape index (κ3) is 4.44. The van der Waals surface area contributed by atoms with Crippen molar-refractivity contribution < 1.29 is 4.79 Å². The Morgan fingerprint density at radius 3 is 2.81 bits per heavy atom. The molecular formula is C11H20N4O. The van der Waals surface area contributed by atoms with E-state index in [1.165, 1.54) is 0 Å². The predicted molar refractivity (Wildman–Crippen MR) is 62.9 cm³/mol. The third-order valence-electron chi connectivity index (χ3n) is 2.20. The van der Waals surface area contributed by atoms with Gasteiger partial charge in [0.1, 0.15) is 5.82 Å². The maximum absolute atomic E-state index is 11.2. The van der Waals surface area contributed by atoms with Gasteiger partial charge in [0.05, 0.1) is 0 Å². The van der Waals surface area contributed by atoms with Gasteiger partial charge in [0.25, 0.3) is 0 Å². The van der Waals surface area contributed by atoms with Gasteiger partial charge in [-0.2, -0.15) is 0 Å². The average molecular weight is 224 g/mol. The normalized spacial score (nSPS) is 10.8. The summed E-state index contributed by atoms with van der Waals surface area (Å²) in [6, 6.07) is 0. The van der Waals surface area contributed by atoms with Crippen LogP contribution in [0.25, 0.3) is 0 Å². The van der Waals surface area contributed by atoms with Crippen LogP contribution in [-0.2, 0) is 11.3 Å². The molecule has 0 aliphatic carbocycles. The zero-order valence-corrected chi connectivity index (χ0v) is 10.1. The summed E-state index contributed by atoms with van der Waals surface area (Å²) in [7, 11) is 0. The Kier molecular flexibility index (Phi) is 4.98. The zero-order chi connectivity index (χ0) is 12.0. The van der Waals surface area contributed by atoms with Crippen LogP contribution in [0.1, 0.15) is 25.4 Å². The summed E-state index contributed by atoms with van der Waals surface area (Å²) in [6.45, 7) is 7.86. The second-order valence-corrected chi connectivity index (χ2v) is 4.12. The van der Waals surface area contributed by atoms with Crippen molar-refractivity contribution in [2.75, 3.05) is 13.1 Å². The van der Waals surface area contributed by atoms with Gasteiger partial charge in [-0.1, -0.05) is 13.8 Å². The SMILES string of the molecule is Cc1ncc(CNCCNC(=O)C(C)C)[nH]1. The fourth-order valence-corrected chi connectivity index (χ4v) is 1.26. The van der Waals surface area contributed by atoms with Crippen LogP contribution in [0.5, 0.6) is 0 Å². The van der Waals surface area contributed by atoms with Gasteiger partial charge in [0.15, 0.2) is 0 Å². The second-order valence-electron chi connectivity index (χ2n) is 4.12. The lowest BCUT2D eigenvalue weighted by molar-refractivity contribution is -0.123. The monoisotopic (exact) mass is 224 g/mol. The number of carbonyl (C=O) groups is 1. The van der Waals surface area contributed by atoms with Crippen LogP contribution in [0.3, 0.4) is 0 Å². The predicted octanol–water partition coefficient (Wildman–Crippen LogP) is 0.580. The first-order chi connectivity index (χ1) is 7.59. The molecule has 0 bridgehead atoms. The summed E-state index contributed by atoms with van der Waals surface area (Å²) < 4.78 is 0. The zero-order valence-electron chi connectivity index (χ0n) is 10.1. The van der Waals surface area contributed by atoms with Crippen molar-refractivity contribution in [3.63, 3.8) is 0 Å². The van der Waals surface area contributed by atoms with Gasteiger partial charge < -0.3 is 15.6 Å². The highest BCUT2D eigenvalue weighted by Gasteiger charge is 2.04. The van der Waals surface area contributed by atoms with Crippen LogP contribution in [0.2, 0.25) is 0 Å². The number of amides is 1. The van der Waals surface area contributed by atoms with Crippen LogP contribution >= 0.6 is 0 Å². The summed E-state index contributed by atoms with van der Waals surface area (Å²) in [5.41, 5.74) is 1.06. The first kappa shape index (κ1) is 12.7. The molecule has 1 amide bonds. The third-order valence-corrected chi connectivity index (χ3v) is 2.20. The number of aromatic amines is 1. The maximum atomic E-state index is 11.2. The lowest BCUT2D eigenvalue weighted by atomic mass is 10.2. The van der Waals surface area contributed by atoms with Gasteiger partial charge in [-0.25, -0.2) is 4.98 Å². The highest BCUT2D eigenvalue weighted by atomic mass is 16.1. The van der Waals surface area contributed by atoms with E-state index >= 15 is 0 Å². The van der Waals surface area contributed by atoms with Crippen LogP contribution in [0.4, 0.5) is 0 Å². The van der Waals surface area contributed by atoms with Gasteiger partial charge in [-0.3, -0.25) is 4.79 Å². The number of hydrogen-bond acceptors (Lipinski definition) is 3. The minimum absolute atomic E-state index is 0.0512. The highest BCUT2D eigenvalue weighted by molar-refractivity contribution is 5.77. The van der Waals surface area contributed by atoms with E-state index in [-0.39, 0.29) is 11.8 Å². The van der Waals surface area contributed by atoms with E-state index in [1.54, 1.807) is 0 Å². The number of hydrogen-bond donors (Lipinski definition) is 3. The van der Waals surface area contributed by atoms with Crippen LogP contribution in [-0.4, -0.2) is 29.0 Å². The number of nitrogens with zero attached hydrogens (tertiary/aromatic N) is 1. The standard InChI is InChI=1S/C11H20N4O/c1-8(2)11(16)13-5-4-12-6-10-7-14-9(3)15-10/h7-8,12H,4-6H2,1-3H3,(H,13,16)(H,14,15). The van der Waals surface area contributed by atoms with E-state index in [0.717, 1.165) is 24.6 Å². The van der Waals surface area contributed by atoms with E-state index in [0.29, 0.717) is 6.54 Å².